The van der Waals surface area contributed by atoms with Crippen LogP contribution in [0.5, 0.6) is 11.5 Å². The Kier molecular flexibility index (Phi) is 12.5. The predicted octanol–water partition coefficient (Wildman–Crippen LogP) is 15.7. The van der Waals surface area contributed by atoms with Crippen molar-refractivity contribution in [3.05, 3.63) is 235 Å². The first-order valence-corrected chi connectivity index (χ1v) is 22.4. The Morgan fingerprint density at radius 3 is 1.69 bits per heavy atom. The second kappa shape index (κ2) is 18.4. The largest absolute Gasteiger partial charge is 2.00 e. The average Bonchev–Trinajstić information content (AvgIpc) is 3.88. The number of hydrogen-bond donors (Lipinski definition) is 1. The molecular formula is C54H35Br3MgO6. The van der Waals surface area contributed by atoms with E-state index in [1.165, 1.54) is 11.1 Å². The number of fused-ring (bicyclic) bond motifs is 8. The number of benzene rings is 8. The quantitative estimate of drug-likeness (QED) is 0.177. The van der Waals surface area contributed by atoms with Crippen molar-refractivity contribution in [3.8, 4) is 33.8 Å². The molecule has 0 aliphatic carbocycles. The minimum absolute atomic E-state index is 0. The standard InChI is InChI=1S/C27H17BrO3.C15H7BrO3.C12H9Br.Mg.2H/c28-18-14-15-23-20(16-18)25-26(31-23)27(29,22-12-6-7-13-24(22)30-25)21-11-5-4-10-19(21)17-8-2-1-3-9-17;16-8-5-6-12-10(7-8)14-15(19-12)13(17)9-3-1-2-4-11(9)18-14;13-12-9-5-4-8-11(12)10-6-2-1-3-7-10;;;/h1-16,29H;1-7H;1-9H;;;/q;;;+2;2*-1. The molecule has 10 heteroatoms. The summed E-state index contributed by atoms with van der Waals surface area (Å²) in [6, 6.07) is 62.7. The Labute approximate surface area is 411 Å². The molecule has 1 aliphatic rings. The van der Waals surface area contributed by atoms with Crippen LogP contribution in [0.4, 0.5) is 0 Å². The van der Waals surface area contributed by atoms with Gasteiger partial charge in [0.2, 0.25) is 11.0 Å². The third-order valence-electron chi connectivity index (χ3n) is 10.9. The fourth-order valence-electron chi connectivity index (χ4n) is 8.00. The van der Waals surface area contributed by atoms with Gasteiger partial charge in [-0.1, -0.05) is 181 Å². The molecule has 12 rings (SSSR count). The Morgan fingerprint density at radius 2 is 0.984 bits per heavy atom. The van der Waals surface area contributed by atoms with Crippen molar-refractivity contribution in [2.24, 2.45) is 0 Å². The van der Waals surface area contributed by atoms with Crippen molar-refractivity contribution in [1.82, 2.24) is 0 Å². The number of aliphatic hydroxyl groups is 1. The zero-order valence-electron chi connectivity index (χ0n) is 35.8. The SMILES string of the molecule is Brc1ccccc1-c1ccccc1.O=c1c2ccccc2oc2c1oc1ccc(Br)cc12.OC1(c2ccccc2-c2ccccc2)c2ccccc2Oc2c1oc1ccc(Br)cc21.[H-].[H-].[Mg+2]. The van der Waals surface area contributed by atoms with E-state index in [1.54, 1.807) is 12.1 Å². The summed E-state index contributed by atoms with van der Waals surface area (Å²) in [5.41, 5.74) is 6.86. The van der Waals surface area contributed by atoms with Gasteiger partial charge in [-0.2, -0.15) is 0 Å². The fourth-order valence-corrected chi connectivity index (χ4v) is 9.23. The van der Waals surface area contributed by atoms with Crippen molar-refractivity contribution >= 4 is 115 Å². The monoisotopic (exact) mass is 1040 g/mol. The minimum Gasteiger partial charge on any atom is -1.00 e. The molecule has 6 nitrogen and oxygen atoms in total. The second-order valence-electron chi connectivity index (χ2n) is 14.8. The fraction of sp³-hybridized carbons (Fsp3) is 0.0185. The third-order valence-corrected chi connectivity index (χ3v) is 12.6. The molecule has 0 bridgehead atoms. The van der Waals surface area contributed by atoms with Crippen LogP contribution in [0.25, 0.3) is 66.3 Å². The molecule has 0 saturated carbocycles. The summed E-state index contributed by atoms with van der Waals surface area (Å²) in [5, 5.41) is 14.6. The van der Waals surface area contributed by atoms with E-state index in [-0.39, 0.29) is 36.9 Å². The molecule has 0 radical (unpaired) electrons. The molecule has 0 amide bonds. The summed E-state index contributed by atoms with van der Waals surface area (Å²) in [6.45, 7) is 0. The van der Waals surface area contributed by atoms with Crippen molar-refractivity contribution in [1.29, 1.82) is 0 Å². The van der Waals surface area contributed by atoms with E-state index >= 15 is 0 Å². The second-order valence-corrected chi connectivity index (χ2v) is 17.5. The van der Waals surface area contributed by atoms with Gasteiger partial charge in [-0.05, 0) is 82.9 Å². The van der Waals surface area contributed by atoms with Crippen LogP contribution in [0.2, 0.25) is 0 Å². The molecule has 310 valence electrons. The van der Waals surface area contributed by atoms with Crippen LogP contribution in [0, 0.1) is 0 Å². The number of hydrogen-bond acceptors (Lipinski definition) is 6. The molecule has 4 heterocycles. The first kappa shape index (κ1) is 43.5. The topological polar surface area (TPSA) is 86.0 Å². The van der Waals surface area contributed by atoms with Crippen LogP contribution in [0.15, 0.2) is 226 Å². The summed E-state index contributed by atoms with van der Waals surface area (Å²) in [4.78, 5) is 12.4. The molecular weight excluding hydrogens is 1010 g/mol. The van der Waals surface area contributed by atoms with Gasteiger partial charge >= 0.3 is 23.1 Å². The van der Waals surface area contributed by atoms with Crippen molar-refractivity contribution in [2.75, 3.05) is 0 Å². The molecule has 1 aliphatic heterocycles. The zero-order chi connectivity index (χ0) is 43.1. The van der Waals surface area contributed by atoms with Gasteiger partial charge in [0.15, 0.2) is 22.7 Å². The molecule has 11 aromatic rings. The number of halogens is 3. The first-order chi connectivity index (χ1) is 30.8. The molecule has 1 atom stereocenters. The van der Waals surface area contributed by atoms with E-state index < -0.39 is 5.60 Å². The summed E-state index contributed by atoms with van der Waals surface area (Å²) < 4.78 is 27.0. The van der Waals surface area contributed by atoms with Gasteiger partial charge in [0.1, 0.15) is 22.5 Å². The maximum atomic E-state index is 12.5. The Hall–Kier alpha value is -5.72. The molecule has 1 unspecified atom stereocenters. The van der Waals surface area contributed by atoms with E-state index in [4.69, 9.17) is 18.0 Å². The maximum absolute atomic E-state index is 12.5. The van der Waals surface area contributed by atoms with E-state index in [0.717, 1.165) is 40.9 Å². The van der Waals surface area contributed by atoms with Crippen LogP contribution in [-0.4, -0.2) is 28.2 Å². The summed E-state index contributed by atoms with van der Waals surface area (Å²) in [5.74, 6) is 1.55. The van der Waals surface area contributed by atoms with Crippen LogP contribution < -0.4 is 10.2 Å². The molecule has 8 aromatic carbocycles. The minimum atomic E-state index is -1.51. The molecule has 3 aromatic heterocycles. The van der Waals surface area contributed by atoms with Crippen molar-refractivity contribution < 1.29 is 25.9 Å². The summed E-state index contributed by atoms with van der Waals surface area (Å²) >= 11 is 10.5. The van der Waals surface area contributed by atoms with Gasteiger partial charge in [-0.25, -0.2) is 0 Å². The Bertz CT molecular complexity index is 3540. The number of furan rings is 2. The van der Waals surface area contributed by atoms with Gasteiger partial charge in [-0.3, -0.25) is 4.79 Å². The number of rotatable bonds is 3. The van der Waals surface area contributed by atoms with Gasteiger partial charge in [-0.15, -0.1) is 0 Å². The van der Waals surface area contributed by atoms with Gasteiger partial charge < -0.3 is 25.9 Å². The number of ether oxygens (including phenoxy) is 1. The molecule has 1 N–H and O–H groups in total. The van der Waals surface area contributed by atoms with Crippen LogP contribution in [0.1, 0.15) is 19.7 Å². The molecule has 64 heavy (non-hydrogen) atoms. The summed E-state index contributed by atoms with van der Waals surface area (Å²) in [6.07, 6.45) is 0. The smallest absolute Gasteiger partial charge is 1.00 e. The predicted molar refractivity (Wildman–Crippen MR) is 269 cm³/mol. The van der Waals surface area contributed by atoms with Gasteiger partial charge in [0.05, 0.1) is 16.2 Å². The van der Waals surface area contributed by atoms with Crippen molar-refractivity contribution in [3.63, 3.8) is 0 Å². The van der Waals surface area contributed by atoms with E-state index in [0.29, 0.717) is 50.5 Å². The first-order valence-electron chi connectivity index (χ1n) is 20.0. The Morgan fingerprint density at radius 1 is 0.469 bits per heavy atom. The van der Waals surface area contributed by atoms with E-state index in [9.17, 15) is 9.90 Å². The number of para-hydroxylation sites is 2. The van der Waals surface area contributed by atoms with Gasteiger partial charge in [0.25, 0.3) is 0 Å². The maximum Gasteiger partial charge on any atom is 2.00 e. The van der Waals surface area contributed by atoms with Crippen LogP contribution in [-0.2, 0) is 5.60 Å². The molecule has 0 saturated heterocycles. The van der Waals surface area contributed by atoms with E-state index in [1.807, 2.05) is 146 Å². The van der Waals surface area contributed by atoms with Crippen LogP contribution >= 0.6 is 47.8 Å². The molecule has 0 spiro atoms. The van der Waals surface area contributed by atoms with Crippen molar-refractivity contribution in [2.45, 2.75) is 5.60 Å². The molecule has 0 fully saturated rings. The third kappa shape index (κ3) is 8.04. The Balaban J connectivity index is 0.000000158. The zero-order valence-corrected chi connectivity index (χ0v) is 40.0. The summed E-state index contributed by atoms with van der Waals surface area (Å²) in [7, 11) is 0. The van der Waals surface area contributed by atoms with E-state index in [2.05, 4.69) is 84.2 Å². The normalized spacial score (nSPS) is 13.8. The average molecular weight is 1040 g/mol. The van der Waals surface area contributed by atoms with Crippen LogP contribution in [0.3, 0.4) is 0 Å². The van der Waals surface area contributed by atoms with Gasteiger partial charge in [0, 0.05) is 24.5 Å².